The van der Waals surface area contributed by atoms with Crippen molar-refractivity contribution in [3.63, 3.8) is 0 Å². The van der Waals surface area contributed by atoms with E-state index in [0.717, 1.165) is 11.4 Å². The highest BCUT2D eigenvalue weighted by Crippen LogP contribution is 2.20. The summed E-state index contributed by atoms with van der Waals surface area (Å²) in [5.41, 5.74) is 1.41. The molecule has 0 saturated heterocycles. The van der Waals surface area contributed by atoms with Gasteiger partial charge in [-0.1, -0.05) is 56.0 Å². The molecule has 3 rings (SSSR count). The van der Waals surface area contributed by atoms with Crippen molar-refractivity contribution >= 4 is 11.7 Å². The van der Waals surface area contributed by atoms with Crippen molar-refractivity contribution in [2.45, 2.75) is 57.5 Å². The molecule has 1 aromatic carbocycles. The number of anilines is 1. The molecule has 1 fully saturated rings. The monoisotopic (exact) mass is 338 g/mol. The summed E-state index contributed by atoms with van der Waals surface area (Å²) in [5.74, 6) is 0.546. The van der Waals surface area contributed by atoms with E-state index in [0.29, 0.717) is 11.7 Å². The molecule has 2 aromatic rings. The SMILES string of the molecule is CC(NC(=O)c1ccc(NC2CCCCCC2)nn1)c1ccccc1. The lowest BCUT2D eigenvalue weighted by molar-refractivity contribution is 0.0934. The molecule has 1 heterocycles. The van der Waals surface area contributed by atoms with Crippen molar-refractivity contribution in [1.82, 2.24) is 15.5 Å². The number of nitrogens with one attached hydrogen (secondary N) is 2. The van der Waals surface area contributed by atoms with E-state index in [-0.39, 0.29) is 11.9 Å². The zero-order valence-corrected chi connectivity index (χ0v) is 14.7. The van der Waals surface area contributed by atoms with Crippen LogP contribution in [0.1, 0.15) is 67.5 Å². The first-order valence-corrected chi connectivity index (χ1v) is 9.18. The van der Waals surface area contributed by atoms with E-state index in [2.05, 4.69) is 20.8 Å². The molecule has 1 saturated carbocycles. The van der Waals surface area contributed by atoms with Crippen LogP contribution in [0.4, 0.5) is 5.82 Å². The van der Waals surface area contributed by atoms with Gasteiger partial charge in [-0.2, -0.15) is 0 Å². The number of amides is 1. The van der Waals surface area contributed by atoms with Gasteiger partial charge in [0.05, 0.1) is 6.04 Å². The Kier molecular flexibility index (Phi) is 5.99. The zero-order chi connectivity index (χ0) is 17.5. The molecule has 0 aliphatic heterocycles. The van der Waals surface area contributed by atoms with Gasteiger partial charge in [-0.25, -0.2) is 0 Å². The summed E-state index contributed by atoms with van der Waals surface area (Å²) in [5, 5.41) is 14.7. The molecule has 1 aliphatic rings. The Morgan fingerprint density at radius 2 is 1.72 bits per heavy atom. The number of hydrogen-bond donors (Lipinski definition) is 2. The summed E-state index contributed by atoms with van der Waals surface area (Å²) >= 11 is 0. The second-order valence-corrected chi connectivity index (χ2v) is 6.74. The Hall–Kier alpha value is -2.43. The predicted octanol–water partition coefficient (Wildman–Crippen LogP) is 4.10. The maximum absolute atomic E-state index is 12.3. The second-order valence-electron chi connectivity index (χ2n) is 6.74. The van der Waals surface area contributed by atoms with Gasteiger partial charge in [0, 0.05) is 6.04 Å². The van der Waals surface area contributed by atoms with Crippen LogP contribution >= 0.6 is 0 Å². The minimum Gasteiger partial charge on any atom is -0.366 e. The van der Waals surface area contributed by atoms with Crippen molar-refractivity contribution < 1.29 is 4.79 Å². The third kappa shape index (κ3) is 5.02. The zero-order valence-electron chi connectivity index (χ0n) is 14.7. The second kappa shape index (κ2) is 8.60. The number of aromatic nitrogens is 2. The Morgan fingerprint density at radius 3 is 2.36 bits per heavy atom. The van der Waals surface area contributed by atoms with Crippen LogP contribution in [0.15, 0.2) is 42.5 Å². The lowest BCUT2D eigenvalue weighted by Gasteiger charge is -2.17. The number of hydrogen-bond acceptors (Lipinski definition) is 4. The van der Waals surface area contributed by atoms with Crippen LogP contribution in [0.25, 0.3) is 0 Å². The van der Waals surface area contributed by atoms with Crippen molar-refractivity contribution in [2.24, 2.45) is 0 Å². The first-order chi connectivity index (χ1) is 12.2. The van der Waals surface area contributed by atoms with E-state index in [9.17, 15) is 4.79 Å². The number of carbonyl (C=O) groups excluding carboxylic acids is 1. The van der Waals surface area contributed by atoms with Gasteiger partial charge in [-0.15, -0.1) is 10.2 Å². The summed E-state index contributed by atoms with van der Waals surface area (Å²) in [6.07, 6.45) is 7.54. The van der Waals surface area contributed by atoms with Crippen molar-refractivity contribution in [3.05, 3.63) is 53.7 Å². The maximum atomic E-state index is 12.3. The molecule has 1 unspecified atom stereocenters. The smallest absolute Gasteiger partial charge is 0.272 e. The standard InChI is InChI=1S/C20H26N4O/c1-15(16-9-5-4-6-10-16)21-20(25)18-13-14-19(24-23-18)22-17-11-7-2-3-8-12-17/h4-6,9-10,13-15,17H,2-3,7-8,11-12H2,1H3,(H,21,25)(H,22,24). The Balaban J connectivity index is 1.56. The minimum atomic E-state index is -0.204. The molecular weight excluding hydrogens is 312 g/mol. The van der Waals surface area contributed by atoms with Gasteiger partial charge in [-0.05, 0) is 37.5 Å². The molecule has 5 nitrogen and oxygen atoms in total. The highest BCUT2D eigenvalue weighted by atomic mass is 16.2. The summed E-state index contributed by atoms with van der Waals surface area (Å²) in [6.45, 7) is 1.96. The van der Waals surface area contributed by atoms with E-state index in [1.165, 1.54) is 38.5 Å². The van der Waals surface area contributed by atoms with Gasteiger partial charge < -0.3 is 10.6 Å². The van der Waals surface area contributed by atoms with Crippen LogP contribution in [-0.2, 0) is 0 Å². The van der Waals surface area contributed by atoms with Gasteiger partial charge in [0.1, 0.15) is 5.82 Å². The van der Waals surface area contributed by atoms with Crippen molar-refractivity contribution in [2.75, 3.05) is 5.32 Å². The number of benzene rings is 1. The largest absolute Gasteiger partial charge is 0.366 e. The van der Waals surface area contributed by atoms with Gasteiger partial charge in [-0.3, -0.25) is 4.79 Å². The molecule has 1 aliphatic carbocycles. The molecular formula is C20H26N4O. The average molecular weight is 338 g/mol. The Labute approximate surface area is 149 Å². The Bertz CT molecular complexity index is 664. The van der Waals surface area contributed by atoms with Crippen LogP contribution in [-0.4, -0.2) is 22.1 Å². The lowest BCUT2D eigenvalue weighted by atomic mass is 10.1. The summed E-state index contributed by atoms with van der Waals surface area (Å²) < 4.78 is 0. The van der Waals surface area contributed by atoms with Crippen LogP contribution in [0, 0.1) is 0 Å². The van der Waals surface area contributed by atoms with Gasteiger partial charge in [0.25, 0.3) is 5.91 Å². The van der Waals surface area contributed by atoms with Gasteiger partial charge >= 0.3 is 0 Å². The molecule has 25 heavy (non-hydrogen) atoms. The molecule has 5 heteroatoms. The van der Waals surface area contributed by atoms with E-state index in [1.54, 1.807) is 6.07 Å². The number of carbonyl (C=O) groups is 1. The van der Waals surface area contributed by atoms with Crippen LogP contribution < -0.4 is 10.6 Å². The fraction of sp³-hybridized carbons (Fsp3) is 0.450. The molecule has 1 aromatic heterocycles. The first kappa shape index (κ1) is 17.4. The fourth-order valence-electron chi connectivity index (χ4n) is 3.26. The third-order valence-electron chi connectivity index (χ3n) is 4.75. The van der Waals surface area contributed by atoms with E-state index in [4.69, 9.17) is 0 Å². The lowest BCUT2D eigenvalue weighted by Crippen LogP contribution is -2.28. The highest BCUT2D eigenvalue weighted by Gasteiger charge is 2.15. The molecule has 0 spiro atoms. The molecule has 1 atom stereocenters. The molecule has 0 radical (unpaired) electrons. The predicted molar refractivity (Wildman–Crippen MR) is 99.5 cm³/mol. The topological polar surface area (TPSA) is 66.9 Å². The van der Waals surface area contributed by atoms with Crippen LogP contribution in [0.5, 0.6) is 0 Å². The third-order valence-corrected chi connectivity index (χ3v) is 4.75. The summed E-state index contributed by atoms with van der Waals surface area (Å²) in [7, 11) is 0. The first-order valence-electron chi connectivity index (χ1n) is 9.18. The molecule has 1 amide bonds. The summed E-state index contributed by atoms with van der Waals surface area (Å²) in [6, 6.07) is 13.9. The fourth-order valence-corrected chi connectivity index (χ4v) is 3.26. The van der Waals surface area contributed by atoms with Crippen LogP contribution in [0.2, 0.25) is 0 Å². The van der Waals surface area contributed by atoms with Crippen LogP contribution in [0.3, 0.4) is 0 Å². The summed E-state index contributed by atoms with van der Waals surface area (Å²) in [4.78, 5) is 12.3. The average Bonchev–Trinajstić information content (AvgIpc) is 2.91. The van der Waals surface area contributed by atoms with Gasteiger partial charge in [0.2, 0.25) is 0 Å². The highest BCUT2D eigenvalue weighted by molar-refractivity contribution is 5.92. The molecule has 132 valence electrons. The van der Waals surface area contributed by atoms with Crippen molar-refractivity contribution in [3.8, 4) is 0 Å². The number of rotatable bonds is 5. The normalized spacial score (nSPS) is 16.7. The van der Waals surface area contributed by atoms with Gasteiger partial charge in [0.15, 0.2) is 5.69 Å². The number of nitrogens with zero attached hydrogens (tertiary/aromatic N) is 2. The molecule has 2 N–H and O–H groups in total. The maximum Gasteiger partial charge on any atom is 0.272 e. The van der Waals surface area contributed by atoms with E-state index < -0.39 is 0 Å². The van der Waals surface area contributed by atoms with Crippen molar-refractivity contribution in [1.29, 1.82) is 0 Å². The quantitative estimate of drug-likeness (QED) is 0.805. The minimum absolute atomic E-state index is 0.0701. The molecule has 0 bridgehead atoms. The van der Waals surface area contributed by atoms with E-state index >= 15 is 0 Å². The van der Waals surface area contributed by atoms with E-state index in [1.807, 2.05) is 43.3 Å². The Morgan fingerprint density at radius 1 is 1.00 bits per heavy atom.